The number of allylic oxidation sites excluding steroid dienone is 1. The number of carbonyl (C=O) groups excluding carboxylic acids is 2. The summed E-state index contributed by atoms with van der Waals surface area (Å²) in [6.07, 6.45) is 1.07. The number of hydrogen-bond acceptors (Lipinski definition) is 7. The summed E-state index contributed by atoms with van der Waals surface area (Å²) in [6, 6.07) is 10.6. The summed E-state index contributed by atoms with van der Waals surface area (Å²) in [6.45, 7) is 7.27. The topological polar surface area (TPSA) is 111 Å². The first-order valence-electron chi connectivity index (χ1n) is 11.6. The molecule has 0 radical (unpaired) electrons. The third kappa shape index (κ3) is 3.65. The fourth-order valence-electron chi connectivity index (χ4n) is 4.75. The van der Waals surface area contributed by atoms with Crippen molar-refractivity contribution >= 4 is 11.9 Å². The number of rotatable bonds is 4. The van der Waals surface area contributed by atoms with Gasteiger partial charge < -0.3 is 14.2 Å². The van der Waals surface area contributed by atoms with Crippen molar-refractivity contribution in [1.29, 1.82) is 0 Å². The van der Waals surface area contributed by atoms with Gasteiger partial charge in [-0.15, -0.1) is 0 Å². The van der Waals surface area contributed by atoms with Gasteiger partial charge in [0.1, 0.15) is 23.1 Å². The van der Waals surface area contributed by atoms with Gasteiger partial charge in [-0.2, -0.15) is 0 Å². The Hall–Kier alpha value is -4.34. The molecule has 1 atom stereocenters. The van der Waals surface area contributed by atoms with Crippen LogP contribution in [0, 0.1) is 0 Å². The zero-order valence-electron chi connectivity index (χ0n) is 20.3. The molecule has 0 bridgehead atoms. The Morgan fingerprint density at radius 2 is 1.81 bits per heavy atom. The molecule has 36 heavy (non-hydrogen) atoms. The highest BCUT2D eigenvalue weighted by molar-refractivity contribution is 5.94. The van der Waals surface area contributed by atoms with Gasteiger partial charge in [-0.05, 0) is 69.7 Å². The van der Waals surface area contributed by atoms with E-state index in [-0.39, 0.29) is 24.7 Å². The van der Waals surface area contributed by atoms with Crippen LogP contribution in [0.1, 0.15) is 49.7 Å². The second-order valence-corrected chi connectivity index (χ2v) is 9.09. The van der Waals surface area contributed by atoms with E-state index in [1.54, 1.807) is 49.4 Å². The molecule has 3 heterocycles. The summed E-state index contributed by atoms with van der Waals surface area (Å²) in [5, 5.41) is 0. The lowest BCUT2D eigenvalue weighted by molar-refractivity contribution is 0.100. The summed E-state index contributed by atoms with van der Waals surface area (Å²) < 4.78 is 20.2. The van der Waals surface area contributed by atoms with Gasteiger partial charge in [0, 0.05) is 17.2 Å². The molecule has 10 heteroatoms. The van der Waals surface area contributed by atoms with Gasteiger partial charge in [0.15, 0.2) is 5.78 Å². The molecule has 5 rings (SSSR count). The molecule has 0 fully saturated rings. The largest absolute Gasteiger partial charge is 0.513 e. The van der Waals surface area contributed by atoms with Crippen LogP contribution >= 0.6 is 0 Å². The Balaban J connectivity index is 1.64. The van der Waals surface area contributed by atoms with Gasteiger partial charge in [-0.1, -0.05) is 6.08 Å². The molecule has 0 spiro atoms. The number of benzene rings is 2. The summed E-state index contributed by atoms with van der Waals surface area (Å²) in [5.74, 6) is 0.553. The van der Waals surface area contributed by atoms with Crippen molar-refractivity contribution < 1.29 is 23.8 Å². The predicted molar refractivity (Wildman–Crippen MR) is 129 cm³/mol. The molecule has 186 valence electrons. The van der Waals surface area contributed by atoms with Gasteiger partial charge in [-0.25, -0.2) is 28.3 Å². The lowest BCUT2D eigenvalue weighted by Gasteiger charge is -2.42. The quantitative estimate of drug-likeness (QED) is 0.238. The number of ketones is 1. The van der Waals surface area contributed by atoms with Crippen LogP contribution in [-0.2, 0) is 11.3 Å². The van der Waals surface area contributed by atoms with E-state index in [0.29, 0.717) is 22.6 Å². The number of nitrogens with zero attached hydrogens (tertiary/aromatic N) is 3. The SMILES string of the molecule is CCOC(=O)Oc1ccc2c(c1)OC(C)(C)C1=CCn3c(=O)n(-c4ccc(C(C)=O)cc4)c(=O)n3C12. The molecule has 2 aliphatic heterocycles. The van der Waals surface area contributed by atoms with Crippen molar-refractivity contribution in [3.63, 3.8) is 0 Å². The van der Waals surface area contributed by atoms with Crippen molar-refractivity contribution in [3.8, 4) is 17.2 Å². The molecule has 2 aliphatic rings. The van der Waals surface area contributed by atoms with E-state index >= 15 is 0 Å². The van der Waals surface area contributed by atoms with Crippen LogP contribution in [0.15, 0.2) is 63.7 Å². The standard InChI is InChI=1S/C26H25N3O7/c1-5-34-25(33)35-18-10-11-19-21(14-18)36-26(3,4)20-12-13-27-23(31)28(24(32)29(27)22(19)20)17-8-6-16(7-9-17)15(2)30/h6-12,14,22H,5,13H2,1-4H3. The van der Waals surface area contributed by atoms with Crippen LogP contribution in [0.5, 0.6) is 11.5 Å². The second-order valence-electron chi connectivity index (χ2n) is 9.09. The van der Waals surface area contributed by atoms with E-state index in [0.717, 1.165) is 10.1 Å². The summed E-state index contributed by atoms with van der Waals surface area (Å²) in [7, 11) is 0. The fraction of sp³-hybridized carbons (Fsp3) is 0.308. The van der Waals surface area contributed by atoms with Gasteiger partial charge >= 0.3 is 17.5 Å². The molecule has 10 nitrogen and oxygen atoms in total. The van der Waals surface area contributed by atoms with E-state index in [1.165, 1.54) is 16.3 Å². The molecule has 3 aromatic rings. The highest BCUT2D eigenvalue weighted by Gasteiger charge is 2.44. The third-order valence-electron chi connectivity index (χ3n) is 6.42. The highest BCUT2D eigenvalue weighted by atomic mass is 16.7. The van der Waals surface area contributed by atoms with E-state index < -0.39 is 29.2 Å². The smallest absolute Gasteiger partial charge is 0.483 e. The normalized spacial score (nSPS) is 17.1. The van der Waals surface area contributed by atoms with Crippen LogP contribution in [0.3, 0.4) is 0 Å². The molecular formula is C26H25N3O7. The molecule has 0 saturated carbocycles. The van der Waals surface area contributed by atoms with Crippen LogP contribution in [0.25, 0.3) is 5.69 Å². The number of carbonyl (C=O) groups is 2. The first-order chi connectivity index (χ1) is 17.1. The van der Waals surface area contributed by atoms with E-state index in [2.05, 4.69) is 0 Å². The Morgan fingerprint density at radius 3 is 2.47 bits per heavy atom. The number of hydrogen-bond donors (Lipinski definition) is 0. The number of ether oxygens (including phenoxy) is 3. The van der Waals surface area contributed by atoms with Crippen molar-refractivity contribution in [3.05, 3.63) is 86.2 Å². The minimum atomic E-state index is -0.830. The highest BCUT2D eigenvalue weighted by Crippen LogP contribution is 2.47. The lowest BCUT2D eigenvalue weighted by Crippen LogP contribution is -2.46. The van der Waals surface area contributed by atoms with Crippen LogP contribution in [0.4, 0.5) is 4.79 Å². The average molecular weight is 492 g/mol. The Morgan fingerprint density at radius 1 is 1.08 bits per heavy atom. The minimum absolute atomic E-state index is 0.108. The second kappa shape index (κ2) is 8.40. The molecule has 0 N–H and O–H groups in total. The van der Waals surface area contributed by atoms with E-state index in [9.17, 15) is 19.2 Å². The van der Waals surface area contributed by atoms with Crippen LogP contribution in [0.2, 0.25) is 0 Å². The first kappa shape index (κ1) is 23.4. The lowest BCUT2D eigenvalue weighted by atomic mass is 9.83. The average Bonchev–Trinajstić information content (AvgIpc) is 3.08. The summed E-state index contributed by atoms with van der Waals surface area (Å²) >= 11 is 0. The maximum atomic E-state index is 13.7. The molecule has 0 amide bonds. The predicted octanol–water partition coefficient (Wildman–Crippen LogP) is 3.24. The van der Waals surface area contributed by atoms with Crippen molar-refractivity contribution in [2.24, 2.45) is 0 Å². The maximum Gasteiger partial charge on any atom is 0.513 e. The summed E-state index contributed by atoms with van der Waals surface area (Å²) in [4.78, 5) is 50.5. The third-order valence-corrected chi connectivity index (χ3v) is 6.42. The number of aromatic nitrogens is 3. The molecule has 0 saturated heterocycles. The monoisotopic (exact) mass is 491 g/mol. The van der Waals surface area contributed by atoms with Crippen molar-refractivity contribution in [2.45, 2.75) is 45.9 Å². The van der Waals surface area contributed by atoms with Crippen LogP contribution < -0.4 is 20.9 Å². The van der Waals surface area contributed by atoms with Crippen molar-refractivity contribution in [2.75, 3.05) is 6.61 Å². The Kier molecular flexibility index (Phi) is 5.46. The number of fused-ring (bicyclic) bond motifs is 5. The molecule has 1 unspecified atom stereocenters. The number of Topliss-reactive ketones (excluding diaryl/α,β-unsaturated/α-hetero) is 1. The Labute approximate surface area is 205 Å². The molecule has 2 aromatic carbocycles. The van der Waals surface area contributed by atoms with Gasteiger partial charge in [0.05, 0.1) is 18.8 Å². The zero-order valence-corrected chi connectivity index (χ0v) is 20.3. The Bertz CT molecular complexity index is 1540. The maximum absolute atomic E-state index is 13.7. The first-order valence-corrected chi connectivity index (χ1v) is 11.6. The zero-order chi connectivity index (χ0) is 25.8. The molecular weight excluding hydrogens is 466 g/mol. The van der Waals surface area contributed by atoms with E-state index in [1.807, 2.05) is 19.9 Å². The van der Waals surface area contributed by atoms with Crippen LogP contribution in [-0.4, -0.2) is 38.1 Å². The minimum Gasteiger partial charge on any atom is -0.483 e. The van der Waals surface area contributed by atoms with E-state index in [4.69, 9.17) is 14.2 Å². The van der Waals surface area contributed by atoms with Gasteiger partial charge in [0.2, 0.25) is 0 Å². The molecule has 0 aliphatic carbocycles. The fourth-order valence-corrected chi connectivity index (χ4v) is 4.75. The van der Waals surface area contributed by atoms with Gasteiger partial charge in [-0.3, -0.25) is 4.79 Å². The molecule has 1 aromatic heterocycles. The van der Waals surface area contributed by atoms with Crippen molar-refractivity contribution in [1.82, 2.24) is 13.9 Å². The summed E-state index contributed by atoms with van der Waals surface area (Å²) in [5.41, 5.74) is 0.542. The van der Waals surface area contributed by atoms with Gasteiger partial charge in [0.25, 0.3) is 0 Å².